The molecule has 2 aromatic carbocycles. The van der Waals surface area contributed by atoms with E-state index >= 15 is 0 Å². The second-order valence-electron chi connectivity index (χ2n) is 7.32. The fourth-order valence-corrected chi connectivity index (χ4v) is 4.38. The Bertz CT molecular complexity index is 912. The first kappa shape index (κ1) is 19.0. The summed E-state index contributed by atoms with van der Waals surface area (Å²) in [5, 5.41) is 0. The summed E-state index contributed by atoms with van der Waals surface area (Å²) in [6, 6.07) is 16.7. The standard InChI is InChI=1S/C23H25N3OSe/c1-3-17-6-12-20(13-7-17)26-22(27)21(24(2)23(26)28)16-18-8-10-19(11-9-18)25-14-4-5-15-25/h6-13,16H,3-5,14-15H2,1-2H3/b21-16+. The topological polar surface area (TPSA) is 26.8 Å². The molecule has 0 radical (unpaired) electrons. The molecule has 0 saturated carbocycles. The Balaban J connectivity index is 1.58. The van der Waals surface area contributed by atoms with Crippen molar-refractivity contribution in [2.45, 2.75) is 26.2 Å². The Kier molecular flexibility index (Phi) is 5.38. The molecule has 4 nitrogen and oxygen atoms in total. The second kappa shape index (κ2) is 7.94. The molecule has 28 heavy (non-hydrogen) atoms. The van der Waals surface area contributed by atoms with Crippen LogP contribution in [-0.4, -0.2) is 51.2 Å². The average molecular weight is 438 g/mol. The van der Waals surface area contributed by atoms with Gasteiger partial charge in [-0.15, -0.1) is 0 Å². The van der Waals surface area contributed by atoms with Gasteiger partial charge in [-0.05, 0) is 0 Å². The molecule has 0 N–H and O–H groups in total. The van der Waals surface area contributed by atoms with E-state index in [1.54, 1.807) is 4.90 Å². The van der Waals surface area contributed by atoms with Gasteiger partial charge in [0.2, 0.25) is 0 Å². The molecule has 0 spiro atoms. The van der Waals surface area contributed by atoms with Crippen LogP contribution in [0.3, 0.4) is 0 Å². The van der Waals surface area contributed by atoms with Crippen LogP contribution in [0, 0.1) is 0 Å². The maximum absolute atomic E-state index is 13.1. The molecule has 0 bridgehead atoms. The van der Waals surface area contributed by atoms with Crippen molar-refractivity contribution in [1.29, 1.82) is 0 Å². The quantitative estimate of drug-likeness (QED) is 0.541. The van der Waals surface area contributed by atoms with Crippen LogP contribution >= 0.6 is 0 Å². The summed E-state index contributed by atoms with van der Waals surface area (Å²) in [5.41, 5.74) is 5.12. The van der Waals surface area contributed by atoms with Crippen molar-refractivity contribution in [3.05, 3.63) is 65.4 Å². The summed E-state index contributed by atoms with van der Waals surface area (Å²) >= 11 is 3.06. The third-order valence-corrected chi connectivity index (χ3v) is 6.49. The Morgan fingerprint density at radius 2 is 1.57 bits per heavy atom. The van der Waals surface area contributed by atoms with Gasteiger partial charge in [0, 0.05) is 0 Å². The van der Waals surface area contributed by atoms with Gasteiger partial charge in [-0.2, -0.15) is 0 Å². The van der Waals surface area contributed by atoms with Crippen molar-refractivity contribution in [2.75, 3.05) is 29.9 Å². The molecule has 4 rings (SSSR count). The first-order valence-corrected chi connectivity index (χ1v) is 10.7. The first-order valence-electron chi connectivity index (χ1n) is 9.86. The Labute approximate surface area is 174 Å². The molecule has 0 atom stereocenters. The molecule has 0 unspecified atom stereocenters. The van der Waals surface area contributed by atoms with E-state index in [9.17, 15) is 4.79 Å². The number of carbonyl (C=O) groups is 1. The average Bonchev–Trinajstić information content (AvgIpc) is 3.33. The van der Waals surface area contributed by atoms with E-state index in [1.165, 1.54) is 24.1 Å². The Morgan fingerprint density at radius 1 is 0.964 bits per heavy atom. The van der Waals surface area contributed by atoms with Gasteiger partial charge >= 0.3 is 175 Å². The van der Waals surface area contributed by atoms with Crippen molar-refractivity contribution in [3.63, 3.8) is 0 Å². The molecule has 0 aliphatic carbocycles. The van der Waals surface area contributed by atoms with Crippen molar-refractivity contribution in [2.24, 2.45) is 0 Å². The molecule has 2 aliphatic rings. The van der Waals surface area contributed by atoms with Crippen molar-refractivity contribution in [3.8, 4) is 0 Å². The fraction of sp³-hybridized carbons (Fsp3) is 0.304. The fourth-order valence-electron chi connectivity index (χ4n) is 3.78. The normalized spacial score (nSPS) is 18.6. The Morgan fingerprint density at radius 3 is 2.18 bits per heavy atom. The molecule has 1 amide bonds. The van der Waals surface area contributed by atoms with Crippen molar-refractivity contribution in [1.82, 2.24) is 4.90 Å². The van der Waals surface area contributed by atoms with E-state index in [4.69, 9.17) is 0 Å². The molecule has 5 heteroatoms. The van der Waals surface area contributed by atoms with Gasteiger partial charge < -0.3 is 0 Å². The minimum atomic E-state index is -0.0101. The number of anilines is 2. The van der Waals surface area contributed by atoms with Gasteiger partial charge in [-0.25, -0.2) is 0 Å². The van der Waals surface area contributed by atoms with E-state index in [-0.39, 0.29) is 5.91 Å². The predicted molar refractivity (Wildman–Crippen MR) is 118 cm³/mol. The van der Waals surface area contributed by atoms with Crippen LogP contribution in [0.2, 0.25) is 0 Å². The summed E-state index contributed by atoms with van der Waals surface area (Å²) in [7, 11) is 1.93. The van der Waals surface area contributed by atoms with Crippen LogP contribution in [0.15, 0.2) is 54.2 Å². The summed E-state index contributed by atoms with van der Waals surface area (Å²) < 4.78 is 0.800. The number of rotatable bonds is 4. The zero-order chi connectivity index (χ0) is 19.7. The third kappa shape index (κ3) is 3.52. The molecule has 2 fully saturated rings. The van der Waals surface area contributed by atoms with E-state index in [2.05, 4.69) is 63.8 Å². The van der Waals surface area contributed by atoms with Crippen LogP contribution < -0.4 is 9.80 Å². The SMILES string of the molecule is CCc1ccc(N2C(=O)/C(=C\c3ccc(N4CCCC4)cc3)N(C)C2=[Se])cc1. The predicted octanol–water partition coefficient (Wildman–Crippen LogP) is 3.42. The number of aryl methyl sites for hydroxylation is 1. The van der Waals surface area contributed by atoms with Crippen LogP contribution in [0.25, 0.3) is 6.08 Å². The zero-order valence-corrected chi connectivity index (χ0v) is 18.1. The van der Waals surface area contributed by atoms with Crippen molar-refractivity contribution < 1.29 is 4.79 Å². The molecular weight excluding hydrogens is 413 g/mol. The monoisotopic (exact) mass is 439 g/mol. The van der Waals surface area contributed by atoms with Crippen LogP contribution in [0.1, 0.15) is 30.9 Å². The number of carbonyl (C=O) groups excluding carboxylic acids is 1. The van der Waals surface area contributed by atoms with E-state index in [0.29, 0.717) is 5.70 Å². The molecular formula is C23H25N3OSe. The molecule has 2 aromatic rings. The van der Waals surface area contributed by atoms with Crippen LogP contribution in [-0.2, 0) is 11.2 Å². The van der Waals surface area contributed by atoms with Gasteiger partial charge in [0.15, 0.2) is 0 Å². The number of nitrogens with zero attached hydrogens (tertiary/aromatic N) is 3. The van der Waals surface area contributed by atoms with Gasteiger partial charge in [0.05, 0.1) is 0 Å². The van der Waals surface area contributed by atoms with E-state index < -0.39 is 0 Å². The number of benzene rings is 2. The summed E-state index contributed by atoms with van der Waals surface area (Å²) in [4.78, 5) is 19.2. The zero-order valence-electron chi connectivity index (χ0n) is 16.4. The molecule has 2 saturated heterocycles. The van der Waals surface area contributed by atoms with E-state index in [1.807, 2.05) is 30.2 Å². The molecule has 144 valence electrons. The van der Waals surface area contributed by atoms with Gasteiger partial charge in [-0.3, -0.25) is 0 Å². The van der Waals surface area contributed by atoms with Crippen molar-refractivity contribution >= 4 is 43.6 Å². The summed E-state index contributed by atoms with van der Waals surface area (Å²) in [6.45, 7) is 4.40. The van der Waals surface area contributed by atoms with Gasteiger partial charge in [-0.1, -0.05) is 0 Å². The number of hydrogen-bond acceptors (Lipinski definition) is 3. The third-order valence-electron chi connectivity index (χ3n) is 5.53. The number of amides is 1. The number of likely N-dealkylation sites (N-methyl/N-ethyl adjacent to an activating group) is 1. The Hall–Kier alpha value is -2.36. The van der Waals surface area contributed by atoms with Gasteiger partial charge in [0.25, 0.3) is 0 Å². The summed E-state index contributed by atoms with van der Waals surface area (Å²) in [5.74, 6) is -0.0101. The summed E-state index contributed by atoms with van der Waals surface area (Å²) in [6.07, 6.45) is 5.49. The molecule has 0 aromatic heterocycles. The first-order chi connectivity index (χ1) is 13.6. The maximum atomic E-state index is 13.1. The van der Waals surface area contributed by atoms with Crippen LogP contribution in [0.5, 0.6) is 0 Å². The second-order valence-corrected chi connectivity index (χ2v) is 8.08. The number of hydrogen-bond donors (Lipinski definition) is 0. The molecule has 2 heterocycles. The van der Waals surface area contributed by atoms with Crippen LogP contribution in [0.4, 0.5) is 11.4 Å². The minimum absolute atomic E-state index is 0.0101. The van der Waals surface area contributed by atoms with Gasteiger partial charge in [0.1, 0.15) is 0 Å². The molecule has 2 aliphatic heterocycles. The van der Waals surface area contributed by atoms with E-state index in [0.717, 1.165) is 35.4 Å².